The number of aliphatic hydroxyl groups is 1. The molecule has 17 heavy (non-hydrogen) atoms. The van der Waals surface area contributed by atoms with Crippen molar-refractivity contribution >= 4 is 0 Å². The number of hydrogen-bond donors (Lipinski definition) is 2. The average Bonchev–Trinajstić information content (AvgIpc) is 3.01. The molecule has 0 spiro atoms. The molecule has 3 nitrogen and oxygen atoms in total. The maximum Gasteiger partial charge on any atom is 0.0611 e. The molecule has 0 aromatic carbocycles. The molecule has 0 aliphatic heterocycles. The SMILES string of the molecule is CCN(C(C)CC(C)(CO)NC(C)C)C1CC1. The highest BCUT2D eigenvalue weighted by atomic mass is 16.3. The van der Waals surface area contributed by atoms with Crippen LogP contribution in [0, 0.1) is 0 Å². The second kappa shape index (κ2) is 6.17. The molecular formula is C14H30N2O. The van der Waals surface area contributed by atoms with E-state index in [1.54, 1.807) is 0 Å². The van der Waals surface area contributed by atoms with Gasteiger partial charge in [0.25, 0.3) is 0 Å². The standard InChI is InChI=1S/C14H30N2O/c1-6-16(13-7-8-13)12(4)9-14(5,10-17)15-11(2)3/h11-13,15,17H,6-10H2,1-5H3. The van der Waals surface area contributed by atoms with Crippen LogP contribution in [0.5, 0.6) is 0 Å². The van der Waals surface area contributed by atoms with Crippen LogP contribution in [-0.2, 0) is 0 Å². The van der Waals surface area contributed by atoms with Gasteiger partial charge in [0, 0.05) is 23.7 Å². The maximum absolute atomic E-state index is 9.61. The first-order valence-corrected chi connectivity index (χ1v) is 7.06. The lowest BCUT2D eigenvalue weighted by molar-refractivity contribution is 0.107. The summed E-state index contributed by atoms with van der Waals surface area (Å²) in [6.07, 6.45) is 3.71. The van der Waals surface area contributed by atoms with E-state index in [-0.39, 0.29) is 12.1 Å². The summed E-state index contributed by atoms with van der Waals surface area (Å²) in [6, 6.07) is 1.75. The van der Waals surface area contributed by atoms with E-state index in [2.05, 4.69) is 44.8 Å². The molecule has 0 aromatic rings. The zero-order valence-corrected chi connectivity index (χ0v) is 12.2. The molecule has 2 N–H and O–H groups in total. The summed E-state index contributed by atoms with van der Waals surface area (Å²) in [5.74, 6) is 0. The number of rotatable bonds is 8. The minimum atomic E-state index is -0.157. The van der Waals surface area contributed by atoms with Crippen molar-refractivity contribution in [3.05, 3.63) is 0 Å². The molecule has 0 saturated heterocycles. The number of aliphatic hydroxyl groups excluding tert-OH is 1. The Balaban J connectivity index is 2.53. The molecule has 2 atom stereocenters. The van der Waals surface area contributed by atoms with Gasteiger partial charge in [-0.25, -0.2) is 0 Å². The van der Waals surface area contributed by atoms with Crippen molar-refractivity contribution in [1.29, 1.82) is 0 Å². The van der Waals surface area contributed by atoms with Gasteiger partial charge in [-0.15, -0.1) is 0 Å². The Hall–Kier alpha value is -0.120. The fraction of sp³-hybridized carbons (Fsp3) is 1.00. The second-order valence-electron chi connectivity index (χ2n) is 6.13. The van der Waals surface area contributed by atoms with Crippen LogP contribution in [-0.4, -0.2) is 46.8 Å². The van der Waals surface area contributed by atoms with Crippen LogP contribution in [0.2, 0.25) is 0 Å². The van der Waals surface area contributed by atoms with Gasteiger partial charge in [0.15, 0.2) is 0 Å². The van der Waals surface area contributed by atoms with Gasteiger partial charge in [0.05, 0.1) is 6.61 Å². The van der Waals surface area contributed by atoms with Gasteiger partial charge in [-0.05, 0) is 39.7 Å². The molecule has 0 amide bonds. The summed E-state index contributed by atoms with van der Waals surface area (Å²) in [5, 5.41) is 13.1. The molecule has 0 aromatic heterocycles. The lowest BCUT2D eigenvalue weighted by Gasteiger charge is -2.37. The van der Waals surface area contributed by atoms with Crippen LogP contribution < -0.4 is 5.32 Å². The van der Waals surface area contributed by atoms with E-state index in [1.165, 1.54) is 12.8 Å². The van der Waals surface area contributed by atoms with Crippen molar-refractivity contribution in [3.63, 3.8) is 0 Å². The lowest BCUT2D eigenvalue weighted by atomic mass is 9.92. The van der Waals surface area contributed by atoms with E-state index in [0.717, 1.165) is 19.0 Å². The molecule has 0 bridgehead atoms. The van der Waals surface area contributed by atoms with Crippen molar-refractivity contribution in [2.24, 2.45) is 0 Å². The summed E-state index contributed by atoms with van der Waals surface area (Å²) < 4.78 is 0. The number of nitrogens with zero attached hydrogens (tertiary/aromatic N) is 1. The fourth-order valence-electron chi connectivity index (χ4n) is 2.97. The smallest absolute Gasteiger partial charge is 0.0611 e. The van der Waals surface area contributed by atoms with Crippen LogP contribution in [0.25, 0.3) is 0 Å². The quantitative estimate of drug-likeness (QED) is 0.683. The molecule has 1 saturated carbocycles. The number of nitrogens with one attached hydrogen (secondary N) is 1. The highest BCUT2D eigenvalue weighted by Crippen LogP contribution is 2.30. The van der Waals surface area contributed by atoms with Crippen molar-refractivity contribution < 1.29 is 5.11 Å². The largest absolute Gasteiger partial charge is 0.394 e. The Labute approximate surface area is 107 Å². The van der Waals surface area contributed by atoms with Crippen molar-refractivity contribution in [3.8, 4) is 0 Å². The van der Waals surface area contributed by atoms with Crippen LogP contribution in [0.4, 0.5) is 0 Å². The van der Waals surface area contributed by atoms with Crippen molar-refractivity contribution in [2.75, 3.05) is 13.2 Å². The Morgan fingerprint density at radius 2 is 1.94 bits per heavy atom. The first-order chi connectivity index (χ1) is 7.91. The third-order valence-electron chi connectivity index (χ3n) is 3.68. The third-order valence-corrected chi connectivity index (χ3v) is 3.68. The summed E-state index contributed by atoms with van der Waals surface area (Å²) in [5.41, 5.74) is -0.157. The molecule has 1 aliphatic rings. The average molecular weight is 242 g/mol. The molecule has 102 valence electrons. The van der Waals surface area contributed by atoms with Gasteiger partial charge in [-0.2, -0.15) is 0 Å². The first-order valence-electron chi connectivity index (χ1n) is 7.06. The van der Waals surface area contributed by atoms with Gasteiger partial charge in [-0.3, -0.25) is 4.90 Å². The normalized spacial score (nSPS) is 21.9. The highest BCUT2D eigenvalue weighted by molar-refractivity contribution is 4.92. The van der Waals surface area contributed by atoms with Crippen LogP contribution in [0.3, 0.4) is 0 Å². The Bertz CT molecular complexity index is 228. The van der Waals surface area contributed by atoms with Gasteiger partial charge in [0.2, 0.25) is 0 Å². The first kappa shape index (κ1) is 14.9. The van der Waals surface area contributed by atoms with E-state index in [9.17, 15) is 5.11 Å². The van der Waals surface area contributed by atoms with Gasteiger partial charge in [0.1, 0.15) is 0 Å². The van der Waals surface area contributed by atoms with Crippen LogP contribution in [0.15, 0.2) is 0 Å². The minimum Gasteiger partial charge on any atom is -0.394 e. The predicted molar refractivity (Wildman–Crippen MR) is 73.2 cm³/mol. The molecular weight excluding hydrogens is 212 g/mol. The minimum absolute atomic E-state index is 0.157. The predicted octanol–water partition coefficient (Wildman–Crippen LogP) is 2.00. The van der Waals surface area contributed by atoms with Crippen LogP contribution in [0.1, 0.15) is 53.9 Å². The van der Waals surface area contributed by atoms with E-state index < -0.39 is 0 Å². The molecule has 1 fully saturated rings. The molecule has 3 heteroatoms. The third kappa shape index (κ3) is 4.57. The van der Waals surface area contributed by atoms with E-state index >= 15 is 0 Å². The zero-order chi connectivity index (χ0) is 13.1. The summed E-state index contributed by atoms with van der Waals surface area (Å²) in [6.45, 7) is 12.3. The van der Waals surface area contributed by atoms with E-state index in [4.69, 9.17) is 0 Å². The highest BCUT2D eigenvalue weighted by Gasteiger charge is 2.34. The summed E-state index contributed by atoms with van der Waals surface area (Å²) in [7, 11) is 0. The summed E-state index contributed by atoms with van der Waals surface area (Å²) >= 11 is 0. The Morgan fingerprint density at radius 1 is 1.35 bits per heavy atom. The van der Waals surface area contributed by atoms with Crippen LogP contribution >= 0.6 is 0 Å². The molecule has 1 aliphatic carbocycles. The second-order valence-corrected chi connectivity index (χ2v) is 6.13. The molecule has 1 rings (SSSR count). The lowest BCUT2D eigenvalue weighted by Crippen LogP contribution is -2.53. The van der Waals surface area contributed by atoms with Gasteiger partial charge in [-0.1, -0.05) is 20.8 Å². The molecule has 2 unspecified atom stereocenters. The van der Waals surface area contributed by atoms with Crippen molar-refractivity contribution in [2.45, 2.75) is 77.5 Å². The fourth-order valence-corrected chi connectivity index (χ4v) is 2.97. The zero-order valence-electron chi connectivity index (χ0n) is 12.2. The van der Waals surface area contributed by atoms with E-state index in [0.29, 0.717) is 12.1 Å². The molecule has 0 radical (unpaired) electrons. The topological polar surface area (TPSA) is 35.5 Å². The number of hydrogen-bond acceptors (Lipinski definition) is 3. The monoisotopic (exact) mass is 242 g/mol. The molecule has 0 heterocycles. The van der Waals surface area contributed by atoms with E-state index in [1.807, 2.05) is 0 Å². The Morgan fingerprint density at radius 3 is 2.29 bits per heavy atom. The van der Waals surface area contributed by atoms with Gasteiger partial charge < -0.3 is 10.4 Å². The maximum atomic E-state index is 9.61. The van der Waals surface area contributed by atoms with Gasteiger partial charge >= 0.3 is 0 Å². The van der Waals surface area contributed by atoms with Crippen molar-refractivity contribution in [1.82, 2.24) is 10.2 Å². The Kier molecular flexibility index (Phi) is 5.42. The summed E-state index contributed by atoms with van der Waals surface area (Å²) in [4.78, 5) is 2.58.